The van der Waals surface area contributed by atoms with Crippen LogP contribution in [0.2, 0.25) is 18.1 Å². The van der Waals surface area contributed by atoms with Crippen LogP contribution in [0.25, 0.3) is 0 Å². The van der Waals surface area contributed by atoms with Crippen molar-refractivity contribution in [2.45, 2.75) is 152 Å². The molecule has 4 aliphatic rings. The van der Waals surface area contributed by atoms with Gasteiger partial charge < -0.3 is 76.4 Å². The SMILES string of the molecule is CC(=O)O[C@@]12COC1CC(OC(=O)CCOCCOCCOCCOCCOCCOCCOCCOCCSSc1ccccn1)[C@@]1(C)C(=O)[C@H](C)C3=C(C)C(OC(=O)[C@H](O[Si](C)(C)C(C)(C)C)C(NC(=O)c4ccccc4)c4ccccc4)C[C@@](O)([C@@H](OC(=O)c4ccccc4)[C@H]21)C3(C)C. The highest BCUT2D eigenvalue weighted by molar-refractivity contribution is 8.76. The Bertz CT molecular complexity index is 3370. The third-order valence-corrected chi connectivity index (χ3v) is 26.8. The summed E-state index contributed by atoms with van der Waals surface area (Å²) in [5.74, 6) is -5.86. The molecule has 1 aliphatic heterocycles. The normalized spacial score (nSPS) is 24.4. The molecule has 2 saturated carbocycles. The van der Waals surface area contributed by atoms with Gasteiger partial charge in [0.15, 0.2) is 20.0 Å². The van der Waals surface area contributed by atoms with Crippen LogP contribution < -0.4 is 5.32 Å². The third kappa shape index (κ3) is 20.8. The Balaban J connectivity index is 0.880. The number of hydrogen-bond donors (Lipinski definition) is 2. The molecule has 102 heavy (non-hydrogen) atoms. The van der Waals surface area contributed by atoms with E-state index in [0.29, 0.717) is 108 Å². The third-order valence-electron chi connectivity index (χ3n) is 20.1. The topological polar surface area (TPSA) is 277 Å². The lowest BCUT2D eigenvalue weighted by Crippen LogP contribution is -2.81. The highest BCUT2D eigenvalue weighted by Crippen LogP contribution is 2.65. The van der Waals surface area contributed by atoms with Gasteiger partial charge in [0, 0.05) is 48.6 Å². The highest BCUT2D eigenvalue weighted by atomic mass is 33.1. The van der Waals surface area contributed by atoms with Gasteiger partial charge in [-0.25, -0.2) is 14.6 Å². The number of amides is 1. The maximum atomic E-state index is 16.4. The Morgan fingerprint density at radius 3 is 1.70 bits per heavy atom. The Morgan fingerprint density at radius 2 is 1.20 bits per heavy atom. The predicted molar refractivity (Wildman–Crippen MR) is 385 cm³/mol. The van der Waals surface area contributed by atoms with Gasteiger partial charge in [-0.1, -0.05) is 125 Å². The molecule has 560 valence electrons. The number of esters is 4. The molecule has 8 rings (SSSR count). The Hall–Kier alpha value is -5.95. The summed E-state index contributed by atoms with van der Waals surface area (Å²) in [6.07, 6.45) is -5.85. The number of hydrogen-bond acceptors (Lipinski definition) is 24. The quantitative estimate of drug-likeness (QED) is 0.0104. The zero-order valence-corrected chi connectivity index (χ0v) is 63.4. The fourth-order valence-corrected chi connectivity index (χ4v) is 16.7. The maximum Gasteiger partial charge on any atom is 0.338 e. The van der Waals surface area contributed by atoms with Gasteiger partial charge in [-0.3, -0.25) is 19.2 Å². The summed E-state index contributed by atoms with van der Waals surface area (Å²) < 4.78 is 84.7. The second-order valence-electron chi connectivity index (χ2n) is 28.1. The number of fused-ring (bicyclic) bond motifs is 5. The van der Waals surface area contributed by atoms with Gasteiger partial charge in [0.25, 0.3) is 5.91 Å². The summed E-state index contributed by atoms with van der Waals surface area (Å²) in [7, 11) is 0.398. The number of nitrogens with one attached hydrogen (secondary N) is 1. The molecule has 3 aromatic carbocycles. The number of aromatic nitrogens is 1. The number of nitrogens with zero attached hydrogens (tertiary/aromatic N) is 1. The van der Waals surface area contributed by atoms with Gasteiger partial charge in [-0.05, 0) is 95.9 Å². The summed E-state index contributed by atoms with van der Waals surface area (Å²) in [6.45, 7) is 25.5. The first-order valence-corrected chi connectivity index (χ1v) is 40.4. The lowest BCUT2D eigenvalue weighted by atomic mass is 9.43. The van der Waals surface area contributed by atoms with Crippen molar-refractivity contribution < 1.29 is 99.9 Å². The van der Waals surface area contributed by atoms with Crippen molar-refractivity contribution in [2.75, 3.05) is 118 Å². The van der Waals surface area contributed by atoms with E-state index in [0.717, 1.165) is 10.8 Å². The summed E-state index contributed by atoms with van der Waals surface area (Å²) in [5.41, 5.74) is -5.53. The number of pyridine rings is 1. The van der Waals surface area contributed by atoms with Gasteiger partial charge in [-0.2, -0.15) is 0 Å². The summed E-state index contributed by atoms with van der Waals surface area (Å²) >= 11 is 0. The molecule has 0 spiro atoms. The Kier molecular flexibility index (Phi) is 30.7. The van der Waals surface area contributed by atoms with Gasteiger partial charge >= 0.3 is 23.9 Å². The molecule has 4 aromatic rings. The Morgan fingerprint density at radius 1 is 0.686 bits per heavy atom. The second kappa shape index (κ2) is 38.4. The summed E-state index contributed by atoms with van der Waals surface area (Å²) in [4.78, 5) is 93.4. The minimum atomic E-state index is -2.94. The van der Waals surface area contributed by atoms with Crippen molar-refractivity contribution in [1.82, 2.24) is 10.3 Å². The van der Waals surface area contributed by atoms with Crippen LogP contribution in [0.1, 0.15) is 114 Å². The number of aliphatic hydroxyl groups is 1. The fraction of sp³-hybridized carbons (Fsp3) is 0.592. The van der Waals surface area contributed by atoms with Crippen molar-refractivity contribution >= 4 is 65.5 Å². The van der Waals surface area contributed by atoms with Crippen molar-refractivity contribution in [1.29, 1.82) is 0 Å². The molecule has 2 N–H and O–H groups in total. The number of carbonyl (C=O) groups excluding carboxylic acids is 6. The van der Waals surface area contributed by atoms with Crippen LogP contribution in [0.5, 0.6) is 0 Å². The van der Waals surface area contributed by atoms with Crippen LogP contribution in [0.15, 0.2) is 132 Å². The van der Waals surface area contributed by atoms with E-state index < -0.39 is 126 Å². The van der Waals surface area contributed by atoms with Crippen molar-refractivity contribution in [3.8, 4) is 0 Å². The summed E-state index contributed by atoms with van der Waals surface area (Å²) in [6, 6.07) is 30.5. The monoisotopic (exact) mass is 1470 g/mol. The minimum Gasteiger partial charge on any atom is -0.461 e. The van der Waals surface area contributed by atoms with E-state index in [2.05, 4.69) is 10.3 Å². The number of Topliss-reactive ketones (excluding diaryl/α,β-unsaturated/α-hetero) is 1. The molecule has 3 fully saturated rings. The average Bonchev–Trinajstić information content (AvgIpc) is 0.669. The van der Waals surface area contributed by atoms with Crippen LogP contribution in [-0.2, 0) is 85.2 Å². The maximum absolute atomic E-state index is 16.4. The van der Waals surface area contributed by atoms with E-state index in [1.54, 1.807) is 147 Å². The molecule has 4 unspecified atom stereocenters. The van der Waals surface area contributed by atoms with E-state index in [-0.39, 0.29) is 44.8 Å². The molecule has 3 aliphatic carbocycles. The molecule has 11 atom stereocenters. The molecule has 26 heteroatoms. The fourth-order valence-electron chi connectivity index (χ4n) is 13.8. The average molecular weight is 1470 g/mol. The molecule has 2 heterocycles. The van der Waals surface area contributed by atoms with Gasteiger partial charge in [-0.15, -0.1) is 0 Å². The van der Waals surface area contributed by atoms with E-state index in [9.17, 15) is 24.3 Å². The first-order chi connectivity index (χ1) is 48.8. The van der Waals surface area contributed by atoms with Crippen LogP contribution in [0, 0.1) is 22.7 Å². The van der Waals surface area contributed by atoms with Crippen LogP contribution >= 0.6 is 21.6 Å². The van der Waals surface area contributed by atoms with Gasteiger partial charge in [0.2, 0.25) is 0 Å². The number of carbonyl (C=O) groups is 6. The molecule has 2 bridgehead atoms. The molecule has 1 saturated heterocycles. The molecule has 0 radical (unpaired) electrons. The van der Waals surface area contributed by atoms with Crippen molar-refractivity contribution in [3.63, 3.8) is 0 Å². The zero-order chi connectivity index (χ0) is 73.6. The van der Waals surface area contributed by atoms with Crippen LogP contribution in [-0.4, -0.2) is 214 Å². The molecule has 23 nitrogen and oxygen atoms in total. The van der Waals surface area contributed by atoms with Gasteiger partial charge in [0.05, 0.1) is 142 Å². The summed E-state index contributed by atoms with van der Waals surface area (Å²) in [5, 5.41) is 18.0. The smallest absolute Gasteiger partial charge is 0.338 e. The molecular formula is C76H104N2O21S2Si. The standard InChI is InChI=1S/C76H104N2O21S2Si/c1-52-58(95-71(84)65(99-102(10,11)72(4,5)6)64(55-23-15-12-16-24-55)78-69(82)56-25-17-13-18-26-56)50-76(85)68(97-70(83)57-27-19-14-20-28-57)66-74(9,67(81)53(2)63(52)73(76,7)8)59(49-60-75(66,51-94-60)98-54(3)79)96-62(80)30-32-86-33-34-87-35-36-88-37-38-89-39-40-90-41-42-91-43-44-92-45-46-93-47-48-100-101-61-29-21-22-31-77-61/h12-29,31,53,58-60,64-66,68,85H,30,32-51H2,1-11H3,(H,78,82)/t53-,58?,59?,60?,64?,65-,66+,68+,74-,75+,76-/m1/s1. The van der Waals surface area contributed by atoms with Crippen LogP contribution in [0.3, 0.4) is 0 Å². The van der Waals surface area contributed by atoms with E-state index in [1.165, 1.54) is 6.92 Å². The van der Waals surface area contributed by atoms with E-state index >= 15 is 9.59 Å². The lowest BCUT2D eigenvalue weighted by Gasteiger charge is -2.67. The lowest BCUT2D eigenvalue weighted by molar-refractivity contribution is -0.346. The van der Waals surface area contributed by atoms with Crippen molar-refractivity contribution in [2.24, 2.45) is 22.7 Å². The Labute approximate surface area is 609 Å². The van der Waals surface area contributed by atoms with E-state index in [1.807, 2.05) is 58.1 Å². The predicted octanol–water partition coefficient (Wildman–Crippen LogP) is 10.4. The highest BCUT2D eigenvalue weighted by Gasteiger charge is 2.78. The van der Waals surface area contributed by atoms with Gasteiger partial charge in [0.1, 0.15) is 40.8 Å². The molecular weight excluding hydrogens is 1370 g/mol. The number of ether oxygens (including phenoxy) is 13. The van der Waals surface area contributed by atoms with Crippen molar-refractivity contribution in [3.05, 3.63) is 143 Å². The molecule has 1 aromatic heterocycles. The minimum absolute atomic E-state index is 0.0635. The largest absolute Gasteiger partial charge is 0.461 e. The number of ketones is 1. The number of benzene rings is 3. The zero-order valence-electron chi connectivity index (χ0n) is 60.8. The number of rotatable bonds is 41. The molecule has 1 amide bonds. The first-order valence-electron chi connectivity index (χ1n) is 35.1. The van der Waals surface area contributed by atoms with Crippen LogP contribution in [0.4, 0.5) is 0 Å². The second-order valence-corrected chi connectivity index (χ2v) is 35.3. The van der Waals surface area contributed by atoms with E-state index in [4.69, 9.17) is 66.0 Å². The first kappa shape index (κ1) is 81.7.